The summed E-state index contributed by atoms with van der Waals surface area (Å²) in [6, 6.07) is 4.02. The third-order valence-electron chi connectivity index (χ3n) is 2.55. The highest BCUT2D eigenvalue weighted by atomic mass is 32.2. The first-order chi connectivity index (χ1) is 5.73. The third kappa shape index (κ3) is 1.33. The molecule has 1 fully saturated rings. The van der Waals surface area contributed by atoms with Gasteiger partial charge in [-0.05, 0) is 25.0 Å². The van der Waals surface area contributed by atoms with E-state index in [0.717, 1.165) is 19.4 Å². The molecule has 0 bridgehead atoms. The third-order valence-corrected chi connectivity index (χ3v) is 4.31. The average molecular weight is 183 g/mol. The Morgan fingerprint density at radius 3 is 2.42 bits per heavy atom. The van der Waals surface area contributed by atoms with Gasteiger partial charge in [0, 0.05) is 36.0 Å². The summed E-state index contributed by atoms with van der Waals surface area (Å²) < 4.78 is 13.6. The number of aromatic nitrogens is 1. The van der Waals surface area contributed by atoms with Crippen molar-refractivity contribution in [1.29, 1.82) is 0 Å². The van der Waals surface area contributed by atoms with Crippen molar-refractivity contribution in [3.05, 3.63) is 24.5 Å². The fourth-order valence-corrected chi connectivity index (χ4v) is 2.49. The molecule has 1 aliphatic rings. The Bertz CT molecular complexity index is 287. The summed E-state index contributed by atoms with van der Waals surface area (Å²) in [6.45, 7) is 0.920. The lowest BCUT2D eigenvalue weighted by Gasteiger charge is -2.12. The van der Waals surface area contributed by atoms with Crippen molar-refractivity contribution in [2.45, 2.75) is 24.1 Å². The number of nitrogens with zero attached hydrogens (tertiary/aromatic N) is 1. The van der Waals surface area contributed by atoms with Crippen LogP contribution in [0, 0.1) is 0 Å². The first-order valence-electron chi connectivity index (χ1n) is 4.17. The highest BCUT2D eigenvalue weighted by Gasteiger charge is 2.46. The first kappa shape index (κ1) is 8.05. The second-order valence-corrected chi connectivity index (χ2v) is 5.27. The maximum atomic E-state index is 11.4. The lowest BCUT2D eigenvalue weighted by atomic mass is 10.4. The molecule has 0 aliphatic heterocycles. The van der Waals surface area contributed by atoms with Crippen molar-refractivity contribution in [1.82, 2.24) is 4.57 Å². The zero-order valence-corrected chi connectivity index (χ0v) is 8.01. The summed E-state index contributed by atoms with van der Waals surface area (Å²) in [5.74, 6) is 0. The highest BCUT2D eigenvalue weighted by molar-refractivity contribution is 7.86. The molecular formula is C9H13NOS. The molecule has 2 nitrogen and oxygen atoms in total. The van der Waals surface area contributed by atoms with Crippen LogP contribution in [0.1, 0.15) is 12.8 Å². The average Bonchev–Trinajstić information content (AvgIpc) is 2.60. The van der Waals surface area contributed by atoms with Crippen molar-refractivity contribution in [3.8, 4) is 0 Å². The van der Waals surface area contributed by atoms with E-state index in [1.165, 1.54) is 0 Å². The minimum atomic E-state index is -0.670. The van der Waals surface area contributed by atoms with Crippen LogP contribution in [0.15, 0.2) is 24.5 Å². The molecule has 12 heavy (non-hydrogen) atoms. The van der Waals surface area contributed by atoms with Crippen LogP contribution in [0.3, 0.4) is 0 Å². The molecule has 0 spiro atoms. The van der Waals surface area contributed by atoms with Gasteiger partial charge in [-0.2, -0.15) is 0 Å². The highest BCUT2D eigenvalue weighted by Crippen LogP contribution is 2.42. The van der Waals surface area contributed by atoms with Crippen molar-refractivity contribution >= 4 is 10.8 Å². The Labute approximate surface area is 75.0 Å². The molecule has 2 rings (SSSR count). The van der Waals surface area contributed by atoms with Crippen LogP contribution in [-0.4, -0.2) is 19.8 Å². The quantitative estimate of drug-likeness (QED) is 0.694. The fourth-order valence-electron chi connectivity index (χ4n) is 1.48. The summed E-state index contributed by atoms with van der Waals surface area (Å²) in [4.78, 5) is 0. The van der Waals surface area contributed by atoms with Crippen LogP contribution in [0.4, 0.5) is 0 Å². The molecule has 1 aromatic heterocycles. The van der Waals surface area contributed by atoms with Gasteiger partial charge in [-0.25, -0.2) is 0 Å². The van der Waals surface area contributed by atoms with E-state index in [1.54, 1.807) is 0 Å². The van der Waals surface area contributed by atoms with E-state index in [9.17, 15) is 4.21 Å². The zero-order valence-electron chi connectivity index (χ0n) is 7.19. The Morgan fingerprint density at radius 2 is 2.00 bits per heavy atom. The van der Waals surface area contributed by atoms with Gasteiger partial charge in [0.05, 0.1) is 4.75 Å². The zero-order chi connectivity index (χ0) is 8.60. The Balaban J connectivity index is 2.09. The fraction of sp³-hybridized carbons (Fsp3) is 0.556. The van der Waals surface area contributed by atoms with Crippen molar-refractivity contribution < 1.29 is 4.21 Å². The van der Waals surface area contributed by atoms with E-state index in [-0.39, 0.29) is 4.75 Å². The predicted octanol–water partition coefficient (Wildman–Crippen LogP) is 1.40. The summed E-state index contributed by atoms with van der Waals surface area (Å²) >= 11 is 0. The molecule has 0 saturated heterocycles. The minimum absolute atomic E-state index is 0.110. The molecule has 0 amide bonds. The molecule has 0 N–H and O–H groups in total. The van der Waals surface area contributed by atoms with Crippen LogP contribution in [0.2, 0.25) is 0 Å². The van der Waals surface area contributed by atoms with Crippen LogP contribution < -0.4 is 0 Å². The van der Waals surface area contributed by atoms with Gasteiger partial charge in [0.2, 0.25) is 0 Å². The largest absolute Gasteiger partial charge is 0.353 e. The smallest absolute Gasteiger partial charge is 0.0635 e. The topological polar surface area (TPSA) is 22.0 Å². The summed E-state index contributed by atoms with van der Waals surface area (Å²) in [7, 11) is -0.670. The van der Waals surface area contributed by atoms with E-state index in [1.807, 2.05) is 30.8 Å². The second-order valence-electron chi connectivity index (χ2n) is 3.49. The van der Waals surface area contributed by atoms with Crippen LogP contribution in [0.25, 0.3) is 0 Å². The Hall–Kier alpha value is -0.570. The molecule has 1 aliphatic carbocycles. The molecule has 1 heterocycles. The van der Waals surface area contributed by atoms with Gasteiger partial charge >= 0.3 is 0 Å². The number of rotatable bonds is 3. The van der Waals surface area contributed by atoms with Crippen LogP contribution >= 0.6 is 0 Å². The number of hydrogen-bond donors (Lipinski definition) is 0. The van der Waals surface area contributed by atoms with Gasteiger partial charge in [0.1, 0.15) is 0 Å². The van der Waals surface area contributed by atoms with Gasteiger partial charge < -0.3 is 4.57 Å². The minimum Gasteiger partial charge on any atom is -0.353 e. The lowest BCUT2D eigenvalue weighted by molar-refractivity contribution is 0.622. The van der Waals surface area contributed by atoms with Crippen LogP contribution in [-0.2, 0) is 17.3 Å². The van der Waals surface area contributed by atoms with Crippen LogP contribution in [0.5, 0.6) is 0 Å². The van der Waals surface area contributed by atoms with Gasteiger partial charge in [0.25, 0.3) is 0 Å². The normalized spacial score (nSPS) is 22.1. The number of hydrogen-bond acceptors (Lipinski definition) is 1. The molecule has 1 atom stereocenters. The van der Waals surface area contributed by atoms with Gasteiger partial charge in [0.15, 0.2) is 0 Å². The van der Waals surface area contributed by atoms with E-state index in [2.05, 4.69) is 4.57 Å². The summed E-state index contributed by atoms with van der Waals surface area (Å²) in [6.07, 6.45) is 8.12. The second kappa shape index (κ2) is 2.73. The summed E-state index contributed by atoms with van der Waals surface area (Å²) in [5, 5.41) is 0. The SMILES string of the molecule is CS(=O)C1(Cn2cccc2)CC1. The molecule has 3 heteroatoms. The molecule has 66 valence electrons. The monoisotopic (exact) mass is 183 g/mol. The van der Waals surface area contributed by atoms with E-state index >= 15 is 0 Å². The Kier molecular flexibility index (Phi) is 1.83. The van der Waals surface area contributed by atoms with E-state index in [4.69, 9.17) is 0 Å². The molecule has 0 radical (unpaired) electrons. The molecule has 1 aromatic rings. The summed E-state index contributed by atoms with van der Waals surface area (Å²) in [5.41, 5.74) is 0. The van der Waals surface area contributed by atoms with Gasteiger partial charge in [-0.1, -0.05) is 0 Å². The van der Waals surface area contributed by atoms with E-state index < -0.39 is 10.8 Å². The van der Waals surface area contributed by atoms with Crippen molar-refractivity contribution in [3.63, 3.8) is 0 Å². The van der Waals surface area contributed by atoms with Crippen molar-refractivity contribution in [2.75, 3.05) is 6.26 Å². The lowest BCUT2D eigenvalue weighted by Crippen LogP contribution is -2.21. The maximum absolute atomic E-state index is 11.4. The maximum Gasteiger partial charge on any atom is 0.0635 e. The van der Waals surface area contributed by atoms with E-state index in [0.29, 0.717) is 0 Å². The van der Waals surface area contributed by atoms with Gasteiger partial charge in [-0.3, -0.25) is 4.21 Å². The molecular weight excluding hydrogens is 170 g/mol. The molecule has 1 saturated carbocycles. The van der Waals surface area contributed by atoms with Crippen molar-refractivity contribution in [2.24, 2.45) is 0 Å². The first-order valence-corrected chi connectivity index (χ1v) is 5.73. The van der Waals surface area contributed by atoms with Gasteiger partial charge in [-0.15, -0.1) is 0 Å². The molecule has 1 unspecified atom stereocenters. The molecule has 0 aromatic carbocycles. The standard InChI is InChI=1S/C9H13NOS/c1-12(11)9(4-5-9)8-10-6-2-3-7-10/h2-3,6-7H,4-5,8H2,1H3. The predicted molar refractivity (Wildman–Crippen MR) is 50.5 cm³/mol. The Morgan fingerprint density at radius 1 is 1.42 bits per heavy atom.